The molecule has 8 aromatic rings. The molecule has 8 aromatic carbocycles. The van der Waals surface area contributed by atoms with Gasteiger partial charge in [-0.3, -0.25) is 9.59 Å². The molecule has 0 spiro atoms. The number of amides is 2. The molecule has 0 bridgehead atoms. The molecule has 2 atom stereocenters. The average molecular weight is 1530 g/mol. The molecular formula is C83H89BrF6N4O12. The summed E-state index contributed by atoms with van der Waals surface area (Å²) in [5.74, 6) is 9.50. The molecule has 2 aliphatic heterocycles. The highest BCUT2D eigenvalue weighted by molar-refractivity contribution is 9.10. The van der Waals surface area contributed by atoms with Crippen LogP contribution >= 0.6 is 15.9 Å². The van der Waals surface area contributed by atoms with Gasteiger partial charge >= 0.3 is 12.6 Å². The zero-order valence-electron chi connectivity index (χ0n) is 58.0. The number of hydrogen-bond acceptors (Lipinski definition) is 14. The number of rotatable bonds is 28. The fraction of sp³-hybridized carbons (Fsp3) is 0.349. The van der Waals surface area contributed by atoms with Crippen molar-refractivity contribution in [3.05, 3.63) is 237 Å². The summed E-state index contributed by atoms with van der Waals surface area (Å²) in [6, 6.07) is 52.8. The Hall–Kier alpha value is -9.56. The average Bonchev–Trinajstić information content (AvgIpc) is 1.59. The van der Waals surface area contributed by atoms with Crippen molar-refractivity contribution in [3.63, 3.8) is 0 Å². The van der Waals surface area contributed by atoms with E-state index in [1.807, 2.05) is 130 Å². The lowest BCUT2D eigenvalue weighted by Crippen LogP contribution is -2.28. The van der Waals surface area contributed by atoms with E-state index in [-0.39, 0.29) is 80.9 Å². The Morgan fingerprint density at radius 1 is 0.491 bits per heavy atom. The van der Waals surface area contributed by atoms with Crippen molar-refractivity contribution in [2.24, 2.45) is 10.8 Å². The number of ether oxygens (including phenoxy) is 8. The molecule has 23 heteroatoms. The maximum absolute atomic E-state index is 15.7. The van der Waals surface area contributed by atoms with Gasteiger partial charge in [-0.2, -0.15) is 0 Å². The van der Waals surface area contributed by atoms with Crippen LogP contribution in [0.15, 0.2) is 186 Å². The van der Waals surface area contributed by atoms with Gasteiger partial charge in [0.25, 0.3) is 0 Å². The molecule has 2 fully saturated rings. The topological polar surface area (TPSA) is 197 Å². The first kappa shape index (κ1) is 82.1. The van der Waals surface area contributed by atoms with Gasteiger partial charge in [-0.15, -0.1) is 23.5 Å². The highest BCUT2D eigenvalue weighted by Crippen LogP contribution is 2.54. The van der Waals surface area contributed by atoms with Crippen molar-refractivity contribution in [2.75, 3.05) is 60.8 Å². The summed E-state index contributed by atoms with van der Waals surface area (Å²) in [5, 5.41) is 32.2. The van der Waals surface area contributed by atoms with Gasteiger partial charge in [-0.1, -0.05) is 166 Å². The third-order valence-corrected chi connectivity index (χ3v) is 17.6. The first-order chi connectivity index (χ1) is 49.7. The van der Waals surface area contributed by atoms with E-state index in [4.69, 9.17) is 18.9 Å². The van der Waals surface area contributed by atoms with E-state index >= 15 is 4.39 Å². The summed E-state index contributed by atoms with van der Waals surface area (Å²) in [6.45, 7) is 13.0. The Morgan fingerprint density at radius 3 is 1.25 bits per heavy atom. The molecule has 0 saturated heterocycles. The van der Waals surface area contributed by atoms with E-state index in [9.17, 15) is 41.8 Å². The minimum Gasteiger partial charge on any atom is -0.395 e. The summed E-state index contributed by atoms with van der Waals surface area (Å²) in [7, 11) is 0. The van der Waals surface area contributed by atoms with Crippen LogP contribution in [0.5, 0.6) is 23.0 Å². The normalized spacial score (nSPS) is 15.2. The minimum atomic E-state index is -3.79. The van der Waals surface area contributed by atoms with Crippen LogP contribution < -0.4 is 40.2 Å². The lowest BCUT2D eigenvalue weighted by atomic mass is 9.94. The lowest BCUT2D eigenvalue weighted by Gasteiger charge is -2.19. The largest absolute Gasteiger partial charge is 0.586 e. The van der Waals surface area contributed by atoms with Crippen LogP contribution in [-0.4, -0.2) is 86.3 Å². The van der Waals surface area contributed by atoms with Crippen LogP contribution in [0.3, 0.4) is 0 Å². The van der Waals surface area contributed by atoms with E-state index < -0.39 is 64.5 Å². The molecule has 0 unspecified atom stereocenters. The third-order valence-electron chi connectivity index (χ3n) is 17.0. The van der Waals surface area contributed by atoms with Crippen molar-refractivity contribution in [2.45, 2.75) is 137 Å². The lowest BCUT2D eigenvalue weighted by molar-refractivity contribution is -0.287. The molecule has 562 valence electrons. The molecule has 0 aromatic heterocycles. The van der Waals surface area contributed by atoms with Gasteiger partial charge in [0.1, 0.15) is 11.6 Å². The van der Waals surface area contributed by atoms with E-state index in [0.29, 0.717) is 97.9 Å². The zero-order chi connectivity index (χ0) is 74.1. The zero-order valence-corrected chi connectivity index (χ0v) is 59.6. The Morgan fingerprint density at radius 2 is 0.849 bits per heavy atom. The summed E-state index contributed by atoms with van der Waals surface area (Å²) in [5.41, 5.74) is 3.42. The number of hydrogen-bond donors (Lipinski definition) is 6. The van der Waals surface area contributed by atoms with Crippen molar-refractivity contribution in [3.8, 4) is 46.7 Å². The molecule has 16 nitrogen and oxygen atoms in total. The third kappa shape index (κ3) is 23.2. The highest BCUT2D eigenvalue weighted by Gasteiger charge is 2.54. The number of nitrogens with one attached hydrogen (secondary N) is 4. The van der Waals surface area contributed by atoms with Gasteiger partial charge in [0.05, 0.1) is 98.6 Å². The van der Waals surface area contributed by atoms with E-state index in [1.165, 1.54) is 66.2 Å². The number of alkyl halides is 4. The SMILES string of the molecule is C.C.CC#CC(C)(C)COCc1ccccc1.CC(C)(C#Cc1cc(NC(=O)C2(c3ccc4c(c3)OC(F)(F)O4)CC2)c(F)cc1NC[C@@H](O)COCc1ccccc1)COCc1ccccc1.O=C(Nc1cc(Br)c(NC[C@@H](O)COCc2ccccc2)cc1F)C1(c2ccc3c(c2)OC(F)(F)O3)CC1. The predicted octanol–water partition coefficient (Wildman–Crippen LogP) is 17.5. The Bertz CT molecular complexity index is 4380. The van der Waals surface area contributed by atoms with Crippen molar-refractivity contribution in [1.82, 2.24) is 0 Å². The standard InChI is InChI=1S/C40H39F3N2O6.C27H24BrF3N2O5.C14H18O.2CH4/c1-38(2,26-49-24-28-11-7-4-8-12-28)16-15-29-19-34(32(41)21-33(29)44-22-31(46)25-48-23-27-9-5-3-6-10-27)45-37(47)39(17-18-39)30-13-14-35-36(20-30)51-40(42,43)50-35;28-19-11-22(20(29)12-21(19)32-13-18(34)15-36-14-16-4-2-1-3-5-16)33-25(35)26(8-9-26)17-6-7-23-24(10-17)38-27(30,31)37-23;1-4-10-14(2,3)12-15-11-13-8-6-5-7-9-13;;/h3-14,19-21,31,44,46H,17-18,22-26H2,1-2H3,(H,45,47);1-7,10-12,18,32,34H,8-9,13-15H2,(H,33,35);5-9H,11-12H2,1-3H3;2*1H4/t31-;18-;;;/m11.../s1. The first-order valence-corrected chi connectivity index (χ1v) is 34.5. The molecule has 6 N–H and O–H groups in total. The molecule has 2 aliphatic carbocycles. The molecule has 12 rings (SSSR count). The Kier molecular flexibility index (Phi) is 28.4. The van der Waals surface area contributed by atoms with Crippen LogP contribution in [0.1, 0.15) is 114 Å². The summed E-state index contributed by atoms with van der Waals surface area (Å²) in [6.07, 6.45) is -7.46. The Labute approximate surface area is 623 Å². The van der Waals surface area contributed by atoms with Crippen molar-refractivity contribution in [1.29, 1.82) is 0 Å². The number of fused-ring (bicyclic) bond motifs is 2. The fourth-order valence-electron chi connectivity index (χ4n) is 11.2. The molecule has 0 radical (unpaired) electrons. The van der Waals surface area contributed by atoms with E-state index in [2.05, 4.69) is 106 Å². The quantitative estimate of drug-likeness (QED) is 0.0200. The molecule has 106 heavy (non-hydrogen) atoms. The smallest absolute Gasteiger partial charge is 0.395 e. The summed E-state index contributed by atoms with van der Waals surface area (Å²) >= 11 is 3.37. The van der Waals surface area contributed by atoms with Gasteiger partial charge in [0.2, 0.25) is 11.8 Å². The first-order valence-electron chi connectivity index (χ1n) is 33.7. The maximum atomic E-state index is 15.7. The van der Waals surface area contributed by atoms with Crippen LogP contribution in [-0.2, 0) is 65.8 Å². The van der Waals surface area contributed by atoms with Crippen molar-refractivity contribution < 1.29 is 84.0 Å². The van der Waals surface area contributed by atoms with Gasteiger partial charge < -0.3 is 69.4 Å². The monoisotopic (exact) mass is 1530 g/mol. The molecule has 2 amide bonds. The molecule has 4 aliphatic rings. The van der Waals surface area contributed by atoms with Crippen LogP contribution in [0.25, 0.3) is 0 Å². The second-order valence-electron chi connectivity index (χ2n) is 26.8. The Balaban J connectivity index is 0.000000226. The van der Waals surface area contributed by atoms with Crippen LogP contribution in [0, 0.1) is 46.1 Å². The summed E-state index contributed by atoms with van der Waals surface area (Å²) in [4.78, 5) is 26.7. The van der Waals surface area contributed by atoms with Crippen LogP contribution in [0.2, 0.25) is 0 Å². The number of carbonyl (C=O) groups is 2. The van der Waals surface area contributed by atoms with E-state index in [1.54, 1.807) is 0 Å². The highest BCUT2D eigenvalue weighted by atomic mass is 79.9. The molecule has 2 saturated carbocycles. The summed E-state index contributed by atoms with van der Waals surface area (Å²) < 4.78 is 126. The maximum Gasteiger partial charge on any atom is 0.586 e. The second kappa shape index (κ2) is 36.6. The molecular weight excluding hydrogens is 1440 g/mol. The van der Waals surface area contributed by atoms with Crippen LogP contribution in [0.4, 0.5) is 49.1 Å². The van der Waals surface area contributed by atoms with Gasteiger partial charge in [0.15, 0.2) is 23.0 Å². The van der Waals surface area contributed by atoms with Gasteiger partial charge in [-0.05, 0) is 146 Å². The number of anilines is 4. The second-order valence-corrected chi connectivity index (χ2v) is 27.7. The number of carbonyl (C=O) groups excluding carboxylic acids is 2. The minimum absolute atomic E-state index is 0. The number of aliphatic hydroxyl groups excluding tert-OH is 2. The number of halogens is 7. The van der Waals surface area contributed by atoms with Gasteiger partial charge in [0, 0.05) is 46.1 Å². The fourth-order valence-corrected chi connectivity index (χ4v) is 11.7. The van der Waals surface area contributed by atoms with Gasteiger partial charge in [-0.25, -0.2) is 8.78 Å². The molecule has 2 heterocycles. The predicted molar refractivity (Wildman–Crippen MR) is 400 cm³/mol. The van der Waals surface area contributed by atoms with Crippen molar-refractivity contribution >= 4 is 50.5 Å². The van der Waals surface area contributed by atoms with E-state index in [0.717, 1.165) is 16.7 Å². The number of benzene rings is 8. The number of aliphatic hydroxyl groups is 2.